The van der Waals surface area contributed by atoms with Gasteiger partial charge in [-0.1, -0.05) is 30.3 Å². The zero-order valence-corrected chi connectivity index (χ0v) is 9.19. The number of ether oxygens (including phenoxy) is 1. The number of benzene rings is 1. The largest absolute Gasteiger partial charge is 0.350 e. The fraction of sp³-hybridized carbons (Fsp3) is 0.500. The molecule has 0 bridgehead atoms. The van der Waals surface area contributed by atoms with E-state index in [-0.39, 0.29) is 0 Å². The molecule has 1 atom stereocenters. The molecule has 0 aromatic heterocycles. The highest BCUT2D eigenvalue weighted by molar-refractivity contribution is 5.23. The second-order valence-electron chi connectivity index (χ2n) is 4.11. The van der Waals surface area contributed by atoms with Crippen molar-refractivity contribution in [2.24, 2.45) is 0 Å². The Morgan fingerprint density at radius 1 is 1.19 bits per heavy atom. The number of hydrogen-bond acceptors (Lipinski definition) is 4. The van der Waals surface area contributed by atoms with Gasteiger partial charge in [0.2, 0.25) is 0 Å². The molecule has 1 unspecified atom stereocenters. The molecule has 2 heterocycles. The summed E-state index contributed by atoms with van der Waals surface area (Å²) in [6.07, 6.45) is 0. The van der Waals surface area contributed by atoms with E-state index in [9.17, 15) is 0 Å². The van der Waals surface area contributed by atoms with E-state index < -0.39 is 5.72 Å². The second kappa shape index (κ2) is 4.14. The average molecular weight is 220 g/mol. The maximum absolute atomic E-state index is 5.99. The standard InChI is InChI=1S/C12H16N2O2/c1-2-4-11(5-3-1)12-10-13-6-7-14(12)16-9-8-15-12/h1-5,13H,6-10H2. The minimum atomic E-state index is -0.433. The van der Waals surface area contributed by atoms with E-state index in [0.717, 1.165) is 25.2 Å². The normalized spacial score (nSPS) is 31.0. The molecule has 2 saturated heterocycles. The maximum atomic E-state index is 5.99. The molecule has 1 aromatic rings. The number of hydrogen-bond donors (Lipinski definition) is 1. The molecule has 86 valence electrons. The number of nitrogens with one attached hydrogen (secondary N) is 1. The van der Waals surface area contributed by atoms with Crippen LogP contribution in [-0.2, 0) is 15.3 Å². The molecule has 1 N–H and O–H groups in total. The number of piperazine rings is 1. The van der Waals surface area contributed by atoms with Gasteiger partial charge in [-0.05, 0) is 0 Å². The van der Waals surface area contributed by atoms with Crippen molar-refractivity contribution in [2.75, 3.05) is 32.8 Å². The van der Waals surface area contributed by atoms with Crippen LogP contribution in [0.15, 0.2) is 30.3 Å². The Morgan fingerprint density at radius 2 is 2.06 bits per heavy atom. The molecule has 16 heavy (non-hydrogen) atoms. The van der Waals surface area contributed by atoms with E-state index in [2.05, 4.69) is 17.4 Å². The SMILES string of the molecule is c1ccc(C23CNCCN2OCCO3)cc1. The van der Waals surface area contributed by atoms with Crippen molar-refractivity contribution >= 4 is 0 Å². The highest BCUT2D eigenvalue weighted by Crippen LogP contribution is 2.33. The van der Waals surface area contributed by atoms with E-state index in [1.165, 1.54) is 0 Å². The monoisotopic (exact) mass is 220 g/mol. The lowest BCUT2D eigenvalue weighted by Gasteiger charge is -2.48. The number of rotatable bonds is 1. The van der Waals surface area contributed by atoms with Crippen LogP contribution in [-0.4, -0.2) is 37.9 Å². The summed E-state index contributed by atoms with van der Waals surface area (Å²) in [7, 11) is 0. The molecule has 0 radical (unpaired) electrons. The average Bonchev–Trinajstić information content (AvgIpc) is 2.40. The zero-order chi connectivity index (χ0) is 10.8. The number of nitrogens with zero attached hydrogens (tertiary/aromatic N) is 1. The molecule has 2 aliphatic heterocycles. The van der Waals surface area contributed by atoms with Gasteiger partial charge >= 0.3 is 0 Å². The molecule has 0 aliphatic carbocycles. The van der Waals surface area contributed by atoms with Gasteiger partial charge in [0.05, 0.1) is 13.2 Å². The highest BCUT2D eigenvalue weighted by Gasteiger charge is 2.44. The lowest BCUT2D eigenvalue weighted by atomic mass is 10.00. The summed E-state index contributed by atoms with van der Waals surface area (Å²) in [4.78, 5) is 5.71. The summed E-state index contributed by atoms with van der Waals surface area (Å²) in [5.41, 5.74) is 0.722. The first-order chi connectivity index (χ1) is 7.92. The van der Waals surface area contributed by atoms with Gasteiger partial charge in [-0.25, -0.2) is 0 Å². The fourth-order valence-corrected chi connectivity index (χ4v) is 2.38. The summed E-state index contributed by atoms with van der Waals surface area (Å²) < 4.78 is 5.99. The summed E-state index contributed by atoms with van der Waals surface area (Å²) >= 11 is 0. The van der Waals surface area contributed by atoms with Gasteiger partial charge in [0.15, 0.2) is 5.72 Å². The third-order valence-electron chi connectivity index (χ3n) is 3.16. The van der Waals surface area contributed by atoms with Crippen LogP contribution in [0.25, 0.3) is 0 Å². The lowest BCUT2D eigenvalue weighted by molar-refractivity contribution is -0.366. The first kappa shape index (κ1) is 10.2. The van der Waals surface area contributed by atoms with E-state index in [1.54, 1.807) is 0 Å². The molecular formula is C12H16N2O2. The summed E-state index contributed by atoms with van der Waals surface area (Å²) in [6, 6.07) is 10.3. The highest BCUT2D eigenvalue weighted by atomic mass is 16.7. The van der Waals surface area contributed by atoms with E-state index in [1.807, 2.05) is 23.3 Å². The minimum absolute atomic E-state index is 0.433. The molecule has 2 aliphatic rings. The smallest absolute Gasteiger partial charge is 0.181 e. The minimum Gasteiger partial charge on any atom is -0.350 e. The van der Waals surface area contributed by atoms with Crippen molar-refractivity contribution in [2.45, 2.75) is 5.72 Å². The lowest BCUT2D eigenvalue weighted by Crippen LogP contribution is -2.62. The van der Waals surface area contributed by atoms with Crippen LogP contribution in [0.3, 0.4) is 0 Å². The molecule has 3 rings (SSSR count). The Balaban J connectivity index is 1.98. The van der Waals surface area contributed by atoms with E-state index >= 15 is 0 Å². The maximum Gasteiger partial charge on any atom is 0.181 e. The molecule has 4 heteroatoms. The van der Waals surface area contributed by atoms with Gasteiger partial charge in [-0.2, -0.15) is 5.06 Å². The third kappa shape index (κ3) is 1.55. The molecule has 4 nitrogen and oxygen atoms in total. The molecular weight excluding hydrogens is 204 g/mol. The van der Waals surface area contributed by atoms with Crippen LogP contribution >= 0.6 is 0 Å². The third-order valence-corrected chi connectivity index (χ3v) is 3.16. The first-order valence-electron chi connectivity index (χ1n) is 5.73. The Kier molecular flexibility index (Phi) is 2.65. The van der Waals surface area contributed by atoms with Crippen LogP contribution in [0.5, 0.6) is 0 Å². The Hall–Kier alpha value is -0.940. The first-order valence-corrected chi connectivity index (χ1v) is 5.73. The predicted molar refractivity (Wildman–Crippen MR) is 59.6 cm³/mol. The van der Waals surface area contributed by atoms with E-state index in [4.69, 9.17) is 9.57 Å². The van der Waals surface area contributed by atoms with Crippen molar-refractivity contribution in [1.29, 1.82) is 0 Å². The van der Waals surface area contributed by atoms with Crippen LogP contribution in [0.1, 0.15) is 5.56 Å². The Labute approximate surface area is 95.1 Å². The molecule has 0 spiro atoms. The van der Waals surface area contributed by atoms with Gasteiger partial charge < -0.3 is 10.1 Å². The van der Waals surface area contributed by atoms with Crippen LogP contribution in [0.4, 0.5) is 0 Å². The topological polar surface area (TPSA) is 33.7 Å². The Morgan fingerprint density at radius 3 is 2.94 bits per heavy atom. The van der Waals surface area contributed by atoms with Gasteiger partial charge in [0.25, 0.3) is 0 Å². The molecule has 1 aromatic carbocycles. The van der Waals surface area contributed by atoms with Gasteiger partial charge in [0, 0.05) is 25.2 Å². The van der Waals surface area contributed by atoms with Crippen molar-refractivity contribution < 1.29 is 9.57 Å². The van der Waals surface area contributed by atoms with E-state index in [0.29, 0.717) is 13.2 Å². The number of hydroxylamine groups is 2. The van der Waals surface area contributed by atoms with Crippen molar-refractivity contribution in [3.05, 3.63) is 35.9 Å². The second-order valence-corrected chi connectivity index (χ2v) is 4.11. The Bertz CT molecular complexity index is 343. The quantitative estimate of drug-likeness (QED) is 0.755. The summed E-state index contributed by atoms with van der Waals surface area (Å²) in [5, 5.41) is 5.35. The fourth-order valence-electron chi connectivity index (χ4n) is 2.38. The molecule has 2 fully saturated rings. The van der Waals surface area contributed by atoms with Crippen LogP contribution < -0.4 is 5.32 Å². The van der Waals surface area contributed by atoms with Gasteiger partial charge in [0.1, 0.15) is 0 Å². The van der Waals surface area contributed by atoms with Crippen LogP contribution in [0.2, 0.25) is 0 Å². The van der Waals surface area contributed by atoms with Crippen molar-refractivity contribution in [1.82, 2.24) is 10.4 Å². The molecule has 0 amide bonds. The van der Waals surface area contributed by atoms with Gasteiger partial charge in [-0.15, -0.1) is 0 Å². The summed E-state index contributed by atoms with van der Waals surface area (Å²) in [6.45, 7) is 3.87. The van der Waals surface area contributed by atoms with Gasteiger partial charge in [-0.3, -0.25) is 4.84 Å². The summed E-state index contributed by atoms with van der Waals surface area (Å²) in [5.74, 6) is 0. The van der Waals surface area contributed by atoms with Crippen molar-refractivity contribution in [3.8, 4) is 0 Å². The zero-order valence-electron chi connectivity index (χ0n) is 9.19. The predicted octanol–water partition coefficient (Wildman–Crippen LogP) is 0.706. The molecule has 0 saturated carbocycles. The number of fused-ring (bicyclic) bond motifs is 1. The van der Waals surface area contributed by atoms with Crippen LogP contribution in [0, 0.1) is 0 Å². The van der Waals surface area contributed by atoms with Crippen molar-refractivity contribution in [3.63, 3.8) is 0 Å².